The summed E-state index contributed by atoms with van der Waals surface area (Å²) in [6.45, 7) is 3.95. The quantitative estimate of drug-likeness (QED) is 0.816. The highest BCUT2D eigenvalue weighted by atomic mass is 79.9. The van der Waals surface area contributed by atoms with Crippen LogP contribution in [0.1, 0.15) is 42.2 Å². The first-order valence-corrected chi connectivity index (χ1v) is 9.12. The van der Waals surface area contributed by atoms with Crippen molar-refractivity contribution in [2.75, 3.05) is 13.2 Å². The van der Waals surface area contributed by atoms with Crippen LogP contribution in [-0.4, -0.2) is 13.2 Å². The highest BCUT2D eigenvalue weighted by Gasteiger charge is 2.25. The first-order chi connectivity index (χ1) is 10.3. The van der Waals surface area contributed by atoms with Crippen molar-refractivity contribution >= 4 is 27.3 Å². The number of benzene rings is 1. The van der Waals surface area contributed by atoms with Gasteiger partial charge in [0.2, 0.25) is 0 Å². The van der Waals surface area contributed by atoms with E-state index in [0.29, 0.717) is 6.04 Å². The van der Waals surface area contributed by atoms with Gasteiger partial charge in [-0.05, 0) is 63.5 Å². The lowest BCUT2D eigenvalue weighted by atomic mass is 9.92. The summed E-state index contributed by atoms with van der Waals surface area (Å²) in [5.74, 6) is 0. The van der Waals surface area contributed by atoms with E-state index in [4.69, 9.17) is 4.74 Å². The number of nitrogens with one attached hydrogen (secondary N) is 1. The largest absolute Gasteiger partial charge is 0.373 e. The second-order valence-electron chi connectivity index (χ2n) is 5.34. The number of hydrogen-bond donors (Lipinski definition) is 1. The molecule has 0 spiro atoms. The van der Waals surface area contributed by atoms with Crippen molar-refractivity contribution in [2.24, 2.45) is 0 Å². The summed E-state index contributed by atoms with van der Waals surface area (Å²) in [6.07, 6.45) is 2.20. The summed E-state index contributed by atoms with van der Waals surface area (Å²) in [7, 11) is 0. The van der Waals surface area contributed by atoms with Gasteiger partial charge in [-0.25, -0.2) is 0 Å². The van der Waals surface area contributed by atoms with Crippen LogP contribution in [0.3, 0.4) is 0 Å². The van der Waals surface area contributed by atoms with E-state index in [1.165, 1.54) is 20.5 Å². The topological polar surface area (TPSA) is 21.3 Å². The smallest absolute Gasteiger partial charge is 0.0845 e. The van der Waals surface area contributed by atoms with Crippen molar-refractivity contribution in [3.8, 4) is 0 Å². The van der Waals surface area contributed by atoms with E-state index < -0.39 is 0 Å². The summed E-state index contributed by atoms with van der Waals surface area (Å²) >= 11 is 5.30. The average molecular weight is 366 g/mol. The number of halogens is 1. The van der Waals surface area contributed by atoms with Crippen LogP contribution in [0.4, 0.5) is 0 Å². The predicted octanol–water partition coefficient (Wildman–Crippen LogP) is 4.87. The zero-order valence-corrected chi connectivity index (χ0v) is 14.5. The Morgan fingerprint density at radius 1 is 1.43 bits per heavy atom. The molecule has 0 saturated carbocycles. The molecule has 1 aliphatic heterocycles. The second-order valence-corrected chi connectivity index (χ2v) is 7.63. The maximum atomic E-state index is 6.06. The third-order valence-electron chi connectivity index (χ3n) is 3.98. The third-order valence-corrected chi connectivity index (χ3v) is 5.51. The van der Waals surface area contributed by atoms with Crippen LogP contribution in [0.15, 0.2) is 39.5 Å². The highest BCUT2D eigenvalue weighted by molar-refractivity contribution is 9.11. The summed E-state index contributed by atoms with van der Waals surface area (Å²) in [5.41, 5.74) is 4.15. The number of ether oxygens (including phenoxy) is 1. The van der Waals surface area contributed by atoms with Gasteiger partial charge in [0.15, 0.2) is 0 Å². The van der Waals surface area contributed by atoms with Crippen LogP contribution in [0.25, 0.3) is 0 Å². The zero-order chi connectivity index (χ0) is 14.7. The summed E-state index contributed by atoms with van der Waals surface area (Å²) in [5, 5.41) is 5.82. The molecule has 1 aliphatic rings. The Morgan fingerprint density at radius 3 is 3.05 bits per heavy atom. The van der Waals surface area contributed by atoms with E-state index in [1.54, 1.807) is 11.3 Å². The fourth-order valence-electron chi connectivity index (χ4n) is 2.98. The van der Waals surface area contributed by atoms with Crippen LogP contribution in [0, 0.1) is 0 Å². The third kappa shape index (κ3) is 3.57. The second kappa shape index (κ2) is 7.05. The number of hydrogen-bond acceptors (Lipinski definition) is 3. The van der Waals surface area contributed by atoms with Gasteiger partial charge in [0, 0.05) is 6.04 Å². The number of thiophene rings is 1. The molecule has 2 unspecified atom stereocenters. The Kier molecular flexibility index (Phi) is 5.11. The molecule has 2 heterocycles. The molecule has 1 N–H and O–H groups in total. The first-order valence-electron chi connectivity index (χ1n) is 7.44. The van der Waals surface area contributed by atoms with Crippen molar-refractivity contribution in [2.45, 2.75) is 31.9 Å². The molecule has 0 aliphatic carbocycles. The predicted molar refractivity (Wildman–Crippen MR) is 91.9 cm³/mol. The van der Waals surface area contributed by atoms with Crippen molar-refractivity contribution in [1.29, 1.82) is 0 Å². The molecule has 3 rings (SSSR count). The van der Waals surface area contributed by atoms with Gasteiger partial charge in [-0.1, -0.05) is 31.2 Å². The van der Waals surface area contributed by atoms with Gasteiger partial charge in [-0.3, -0.25) is 0 Å². The molecule has 1 aromatic carbocycles. The van der Waals surface area contributed by atoms with Gasteiger partial charge in [0.05, 0.1) is 16.5 Å². The Labute approximate surface area is 138 Å². The minimum atomic E-state index is 0.192. The molecule has 0 amide bonds. The van der Waals surface area contributed by atoms with E-state index in [-0.39, 0.29) is 6.10 Å². The van der Waals surface area contributed by atoms with Crippen molar-refractivity contribution in [3.63, 3.8) is 0 Å². The lowest BCUT2D eigenvalue weighted by molar-refractivity contribution is 0.0294. The van der Waals surface area contributed by atoms with Crippen LogP contribution in [0.2, 0.25) is 0 Å². The minimum Gasteiger partial charge on any atom is -0.373 e. The van der Waals surface area contributed by atoms with Crippen LogP contribution in [0.5, 0.6) is 0 Å². The van der Waals surface area contributed by atoms with E-state index in [0.717, 1.165) is 26.0 Å². The van der Waals surface area contributed by atoms with Crippen molar-refractivity contribution < 1.29 is 4.74 Å². The molecule has 2 atom stereocenters. The monoisotopic (exact) mass is 365 g/mol. The molecule has 0 bridgehead atoms. The van der Waals surface area contributed by atoms with Crippen molar-refractivity contribution in [3.05, 3.63) is 56.2 Å². The maximum Gasteiger partial charge on any atom is 0.0845 e. The Morgan fingerprint density at radius 2 is 2.29 bits per heavy atom. The van der Waals surface area contributed by atoms with E-state index >= 15 is 0 Å². The maximum absolute atomic E-state index is 6.06. The molecule has 0 radical (unpaired) electrons. The fourth-order valence-corrected chi connectivity index (χ4v) is 4.21. The zero-order valence-electron chi connectivity index (χ0n) is 12.1. The molecular formula is C17H20BrNOS. The van der Waals surface area contributed by atoms with Gasteiger partial charge in [-0.15, -0.1) is 11.3 Å². The van der Waals surface area contributed by atoms with Gasteiger partial charge in [0.1, 0.15) is 0 Å². The lowest BCUT2D eigenvalue weighted by Gasteiger charge is -2.29. The molecule has 0 fully saturated rings. The van der Waals surface area contributed by atoms with Gasteiger partial charge >= 0.3 is 0 Å². The molecular weight excluding hydrogens is 346 g/mol. The van der Waals surface area contributed by atoms with E-state index in [9.17, 15) is 0 Å². The molecule has 21 heavy (non-hydrogen) atoms. The van der Waals surface area contributed by atoms with Gasteiger partial charge in [0.25, 0.3) is 0 Å². The number of rotatable bonds is 5. The lowest BCUT2D eigenvalue weighted by Crippen LogP contribution is -2.25. The van der Waals surface area contributed by atoms with E-state index in [2.05, 4.69) is 63.9 Å². The van der Waals surface area contributed by atoms with Gasteiger partial charge < -0.3 is 10.1 Å². The molecule has 1 aromatic heterocycles. The summed E-state index contributed by atoms with van der Waals surface area (Å²) in [6, 6.07) is 11.2. The Bertz CT molecular complexity index is 598. The minimum absolute atomic E-state index is 0.192. The molecule has 112 valence electrons. The molecule has 2 nitrogen and oxygen atoms in total. The van der Waals surface area contributed by atoms with Crippen molar-refractivity contribution in [1.82, 2.24) is 5.32 Å². The number of fused-ring (bicyclic) bond motifs is 1. The van der Waals surface area contributed by atoms with Crippen LogP contribution < -0.4 is 5.32 Å². The Hall–Kier alpha value is -0.680. The highest BCUT2D eigenvalue weighted by Crippen LogP contribution is 2.36. The summed E-state index contributed by atoms with van der Waals surface area (Å²) < 4.78 is 7.25. The fraction of sp³-hybridized carbons (Fsp3) is 0.412. The van der Waals surface area contributed by atoms with Crippen LogP contribution >= 0.6 is 27.3 Å². The summed E-state index contributed by atoms with van der Waals surface area (Å²) in [4.78, 5) is 0. The molecule has 0 saturated heterocycles. The first kappa shape index (κ1) is 15.2. The SMILES string of the molecule is CCNC(CC1OCCc2ccccc21)c1csc(Br)c1. The average Bonchev–Trinajstić information content (AvgIpc) is 2.94. The van der Waals surface area contributed by atoms with Gasteiger partial charge in [-0.2, -0.15) is 0 Å². The van der Waals surface area contributed by atoms with Crippen LogP contribution in [-0.2, 0) is 11.2 Å². The van der Waals surface area contributed by atoms with E-state index in [1.807, 2.05) is 0 Å². The standard InChI is InChI=1S/C17H20BrNOS/c1-2-19-15(13-9-17(18)21-11-13)10-16-14-6-4-3-5-12(14)7-8-20-16/h3-6,9,11,15-16,19H,2,7-8,10H2,1H3. The molecule has 4 heteroatoms. The Balaban J connectivity index is 1.80. The molecule has 2 aromatic rings. The normalized spacial score (nSPS) is 19.2.